The van der Waals surface area contributed by atoms with Crippen LogP contribution in [-0.2, 0) is 0 Å². The lowest BCUT2D eigenvalue weighted by Gasteiger charge is -2.23. The van der Waals surface area contributed by atoms with Crippen molar-refractivity contribution in [1.29, 1.82) is 0 Å². The highest BCUT2D eigenvalue weighted by molar-refractivity contribution is 6.01. The molecule has 2 heterocycles. The van der Waals surface area contributed by atoms with Crippen molar-refractivity contribution in [3.8, 4) is 11.8 Å². The highest BCUT2D eigenvalue weighted by atomic mass is 16.5. The van der Waals surface area contributed by atoms with Gasteiger partial charge in [0.2, 0.25) is 0 Å². The number of hydrogen-bond acceptors (Lipinski definition) is 6. The zero-order chi connectivity index (χ0) is 16.2. The summed E-state index contributed by atoms with van der Waals surface area (Å²) in [7, 11) is 1.63. The molecule has 0 fully saturated rings. The Bertz CT molecular complexity index is 771. The van der Waals surface area contributed by atoms with Crippen LogP contribution in [0.15, 0.2) is 36.6 Å². The Balaban J connectivity index is 2.14. The van der Waals surface area contributed by atoms with E-state index in [2.05, 4.69) is 20.9 Å². The lowest BCUT2D eigenvalue weighted by molar-refractivity contribution is 0.294. The second kappa shape index (κ2) is 6.56. The van der Waals surface area contributed by atoms with E-state index in [9.17, 15) is 0 Å². The van der Waals surface area contributed by atoms with Crippen LogP contribution in [0.1, 0.15) is 13.3 Å². The van der Waals surface area contributed by atoms with Crippen LogP contribution in [0.25, 0.3) is 10.9 Å². The number of nitrogen functional groups attached to an aromatic ring is 1. The van der Waals surface area contributed by atoms with Crippen LogP contribution >= 0.6 is 0 Å². The van der Waals surface area contributed by atoms with Gasteiger partial charge in [0.1, 0.15) is 11.6 Å². The molecule has 0 atom stereocenters. The summed E-state index contributed by atoms with van der Waals surface area (Å²) in [4.78, 5) is 10.8. The fraction of sp³-hybridized carbons (Fsp3) is 0.294. The maximum atomic E-state index is 6.19. The lowest BCUT2D eigenvalue weighted by atomic mass is 10.1. The molecule has 0 spiro atoms. The zero-order valence-corrected chi connectivity index (χ0v) is 13.3. The topological polar surface area (TPSA) is 73.5 Å². The van der Waals surface area contributed by atoms with Crippen LogP contribution < -0.4 is 20.1 Å². The molecule has 1 aromatic heterocycles. The first kappa shape index (κ1) is 15.1. The van der Waals surface area contributed by atoms with E-state index in [0.717, 1.165) is 29.8 Å². The molecular weight excluding hydrogens is 292 g/mol. The smallest absolute Gasteiger partial charge is 0.318 e. The number of allylic oxidation sites excluding steroid dienone is 2. The summed E-state index contributed by atoms with van der Waals surface area (Å²) in [6.07, 6.45) is 8.94. The predicted molar refractivity (Wildman–Crippen MR) is 91.9 cm³/mol. The van der Waals surface area contributed by atoms with Crippen LogP contribution in [0.5, 0.6) is 11.8 Å². The van der Waals surface area contributed by atoms with Crippen LogP contribution in [0.4, 0.5) is 11.5 Å². The summed E-state index contributed by atoms with van der Waals surface area (Å²) in [6, 6.07) is 4.09. The quantitative estimate of drug-likeness (QED) is 0.915. The van der Waals surface area contributed by atoms with Crippen molar-refractivity contribution in [3.63, 3.8) is 0 Å². The summed E-state index contributed by atoms with van der Waals surface area (Å²) in [5.74, 6) is 1.12. The Kier molecular flexibility index (Phi) is 4.32. The molecule has 23 heavy (non-hydrogen) atoms. The predicted octanol–water partition coefficient (Wildman–Crippen LogP) is 2.90. The van der Waals surface area contributed by atoms with Crippen molar-refractivity contribution >= 4 is 22.4 Å². The zero-order valence-electron chi connectivity index (χ0n) is 13.3. The molecule has 1 aliphatic rings. The van der Waals surface area contributed by atoms with Crippen LogP contribution in [0.2, 0.25) is 0 Å². The van der Waals surface area contributed by atoms with E-state index in [1.165, 1.54) is 0 Å². The third kappa shape index (κ3) is 3.06. The second-order valence-corrected chi connectivity index (χ2v) is 5.20. The van der Waals surface area contributed by atoms with Gasteiger partial charge in [-0.2, -0.15) is 9.97 Å². The first-order chi connectivity index (χ1) is 11.2. The number of nitrogens with zero attached hydrogens (tertiary/aromatic N) is 3. The van der Waals surface area contributed by atoms with E-state index in [4.69, 9.17) is 15.2 Å². The molecule has 0 saturated heterocycles. The van der Waals surface area contributed by atoms with Gasteiger partial charge in [0.05, 0.1) is 30.3 Å². The van der Waals surface area contributed by atoms with E-state index >= 15 is 0 Å². The van der Waals surface area contributed by atoms with Gasteiger partial charge in [-0.3, -0.25) is 0 Å². The molecular formula is C17H20N4O2. The molecule has 1 aliphatic heterocycles. The number of hydrogen-bond donors (Lipinski definition) is 1. The molecule has 120 valence electrons. The maximum Gasteiger partial charge on any atom is 0.318 e. The number of anilines is 2. The van der Waals surface area contributed by atoms with Gasteiger partial charge >= 0.3 is 6.01 Å². The molecule has 0 bridgehead atoms. The van der Waals surface area contributed by atoms with Crippen molar-refractivity contribution in [2.75, 3.05) is 30.9 Å². The minimum absolute atomic E-state index is 0.296. The fourth-order valence-electron chi connectivity index (χ4n) is 2.47. The van der Waals surface area contributed by atoms with E-state index in [1.807, 2.05) is 37.4 Å². The van der Waals surface area contributed by atoms with Gasteiger partial charge < -0.3 is 20.1 Å². The molecule has 6 nitrogen and oxygen atoms in total. The van der Waals surface area contributed by atoms with E-state index < -0.39 is 0 Å². The number of ether oxygens (including phenoxy) is 2. The highest BCUT2D eigenvalue weighted by Gasteiger charge is 2.16. The first-order valence-corrected chi connectivity index (χ1v) is 7.61. The summed E-state index contributed by atoms with van der Waals surface area (Å²) in [5.41, 5.74) is 7.81. The third-order valence-corrected chi connectivity index (χ3v) is 3.55. The molecule has 0 radical (unpaired) electrons. The van der Waals surface area contributed by atoms with Crippen LogP contribution in [-0.4, -0.2) is 30.2 Å². The van der Waals surface area contributed by atoms with E-state index in [0.29, 0.717) is 24.0 Å². The minimum Gasteiger partial charge on any atom is -0.497 e. The van der Waals surface area contributed by atoms with Gasteiger partial charge in [-0.15, -0.1) is 0 Å². The summed E-state index contributed by atoms with van der Waals surface area (Å²) >= 11 is 0. The van der Waals surface area contributed by atoms with Crippen molar-refractivity contribution in [3.05, 3.63) is 36.6 Å². The normalized spacial score (nSPS) is 13.6. The van der Waals surface area contributed by atoms with Crippen LogP contribution in [0, 0.1) is 0 Å². The standard InChI is InChI=1S/C17H20N4O2/c1-3-9-23-17-19-13-10-12(22-2)11-14(15(13)16(18)20-17)21-7-5-4-6-8-21/h4-7,10-11H,3,8-9H2,1-2H3,(H2,18,19,20). The van der Waals surface area contributed by atoms with Crippen molar-refractivity contribution in [2.45, 2.75) is 13.3 Å². The average Bonchev–Trinajstić information content (AvgIpc) is 2.59. The minimum atomic E-state index is 0.296. The van der Waals surface area contributed by atoms with Crippen molar-refractivity contribution < 1.29 is 9.47 Å². The van der Waals surface area contributed by atoms with Crippen LogP contribution in [0.3, 0.4) is 0 Å². The molecule has 3 rings (SSSR count). The monoisotopic (exact) mass is 312 g/mol. The number of nitrogens with two attached hydrogens (primary N) is 1. The van der Waals surface area contributed by atoms with Gasteiger partial charge in [0.15, 0.2) is 0 Å². The summed E-state index contributed by atoms with van der Waals surface area (Å²) in [5, 5.41) is 0.801. The highest BCUT2D eigenvalue weighted by Crippen LogP contribution is 2.35. The Morgan fingerprint density at radius 3 is 2.83 bits per heavy atom. The average molecular weight is 312 g/mol. The maximum absolute atomic E-state index is 6.19. The SMILES string of the molecule is CCCOc1nc(N)c2c(N3C=CC=CC3)cc(OC)cc2n1. The Morgan fingerprint density at radius 1 is 1.26 bits per heavy atom. The fourth-order valence-corrected chi connectivity index (χ4v) is 2.47. The summed E-state index contributed by atoms with van der Waals surface area (Å²) in [6.45, 7) is 3.34. The van der Waals surface area contributed by atoms with Gasteiger partial charge in [-0.05, 0) is 12.5 Å². The molecule has 2 aromatic rings. The lowest BCUT2D eigenvalue weighted by Crippen LogP contribution is -2.18. The summed E-state index contributed by atoms with van der Waals surface area (Å²) < 4.78 is 10.9. The van der Waals surface area contributed by atoms with Gasteiger partial charge in [0.25, 0.3) is 0 Å². The molecule has 6 heteroatoms. The molecule has 0 amide bonds. The Hall–Kier alpha value is -2.76. The van der Waals surface area contributed by atoms with Gasteiger partial charge in [-0.1, -0.05) is 19.1 Å². The van der Waals surface area contributed by atoms with Gasteiger partial charge in [-0.25, -0.2) is 0 Å². The number of methoxy groups -OCH3 is 1. The van der Waals surface area contributed by atoms with E-state index in [-0.39, 0.29) is 0 Å². The van der Waals surface area contributed by atoms with E-state index in [1.54, 1.807) is 7.11 Å². The van der Waals surface area contributed by atoms with Crippen molar-refractivity contribution in [2.24, 2.45) is 0 Å². The van der Waals surface area contributed by atoms with Crippen molar-refractivity contribution in [1.82, 2.24) is 9.97 Å². The Morgan fingerprint density at radius 2 is 2.13 bits per heavy atom. The van der Waals surface area contributed by atoms with Gasteiger partial charge in [0, 0.05) is 24.9 Å². The number of aromatic nitrogens is 2. The third-order valence-electron chi connectivity index (χ3n) is 3.55. The largest absolute Gasteiger partial charge is 0.497 e. The molecule has 2 N–H and O–H groups in total. The molecule has 0 saturated carbocycles. The first-order valence-electron chi connectivity index (χ1n) is 7.61. The number of fused-ring (bicyclic) bond motifs is 1. The Labute approximate surface area is 135 Å². The molecule has 0 aliphatic carbocycles. The number of benzene rings is 1. The molecule has 0 unspecified atom stereocenters. The second-order valence-electron chi connectivity index (χ2n) is 5.20. The number of rotatable bonds is 5. The molecule has 1 aromatic carbocycles.